The van der Waals surface area contributed by atoms with Gasteiger partial charge in [-0.15, -0.1) is 0 Å². The lowest BCUT2D eigenvalue weighted by Crippen LogP contribution is -2.36. The van der Waals surface area contributed by atoms with Crippen LogP contribution in [0.3, 0.4) is 0 Å². The van der Waals surface area contributed by atoms with Gasteiger partial charge in [0.1, 0.15) is 0 Å². The maximum absolute atomic E-state index is 11.8. The van der Waals surface area contributed by atoms with E-state index in [1.165, 1.54) is 7.11 Å². The summed E-state index contributed by atoms with van der Waals surface area (Å²) < 4.78 is 10.4. The number of hydrogen-bond acceptors (Lipinski definition) is 4. The fraction of sp³-hybridized carbons (Fsp3) is 0.417. The average Bonchev–Trinajstić information content (AvgIpc) is 2.79. The molecule has 2 N–H and O–H groups in total. The summed E-state index contributed by atoms with van der Waals surface area (Å²) in [6.45, 7) is 0.583. The summed E-state index contributed by atoms with van der Waals surface area (Å²) in [5, 5.41) is 0. The Morgan fingerprint density at radius 1 is 1.44 bits per heavy atom. The van der Waals surface area contributed by atoms with E-state index in [9.17, 15) is 4.79 Å². The SMILES string of the molecule is COC(=O)C1(c2ccc(N)cc2)CCCO1. The second kappa shape index (κ2) is 4.14. The molecule has 1 atom stereocenters. The van der Waals surface area contributed by atoms with Gasteiger partial charge in [0, 0.05) is 12.3 Å². The fourth-order valence-corrected chi connectivity index (χ4v) is 2.06. The summed E-state index contributed by atoms with van der Waals surface area (Å²) in [5.41, 5.74) is 6.17. The van der Waals surface area contributed by atoms with Crippen molar-refractivity contribution in [1.29, 1.82) is 0 Å². The van der Waals surface area contributed by atoms with Crippen LogP contribution in [-0.4, -0.2) is 19.7 Å². The number of benzene rings is 1. The standard InChI is InChI=1S/C12H15NO3/c1-15-11(14)12(7-2-8-16-12)9-3-5-10(13)6-4-9/h3-6H,2,7-8,13H2,1H3. The molecule has 1 aliphatic rings. The van der Waals surface area contributed by atoms with Crippen LogP contribution in [0.4, 0.5) is 5.69 Å². The molecule has 0 spiro atoms. The molecule has 86 valence electrons. The van der Waals surface area contributed by atoms with Gasteiger partial charge in [0.25, 0.3) is 0 Å². The van der Waals surface area contributed by atoms with E-state index in [4.69, 9.17) is 15.2 Å². The first-order valence-corrected chi connectivity index (χ1v) is 5.27. The third-order valence-corrected chi connectivity index (χ3v) is 2.91. The molecule has 0 aromatic heterocycles. The third-order valence-electron chi connectivity index (χ3n) is 2.91. The van der Waals surface area contributed by atoms with E-state index >= 15 is 0 Å². The summed E-state index contributed by atoms with van der Waals surface area (Å²) in [7, 11) is 1.38. The molecule has 1 saturated heterocycles. The zero-order chi connectivity index (χ0) is 11.6. The van der Waals surface area contributed by atoms with E-state index in [1.807, 2.05) is 12.1 Å². The van der Waals surface area contributed by atoms with Crippen molar-refractivity contribution in [3.05, 3.63) is 29.8 Å². The average molecular weight is 221 g/mol. The molecule has 4 heteroatoms. The highest BCUT2D eigenvalue weighted by Crippen LogP contribution is 2.37. The minimum Gasteiger partial charge on any atom is -0.467 e. The van der Waals surface area contributed by atoms with Crippen LogP contribution < -0.4 is 5.73 Å². The number of ether oxygens (including phenoxy) is 2. The predicted molar refractivity (Wildman–Crippen MR) is 59.7 cm³/mol. The van der Waals surface area contributed by atoms with Gasteiger partial charge in [0.2, 0.25) is 0 Å². The smallest absolute Gasteiger partial charge is 0.342 e. The molecule has 0 radical (unpaired) electrons. The Hall–Kier alpha value is -1.55. The van der Waals surface area contributed by atoms with Crippen LogP contribution in [0, 0.1) is 0 Å². The predicted octanol–water partition coefficient (Wildman–Crippen LogP) is 1.45. The van der Waals surface area contributed by atoms with Gasteiger partial charge in [-0.25, -0.2) is 4.79 Å². The summed E-state index contributed by atoms with van der Waals surface area (Å²) in [6.07, 6.45) is 1.52. The highest BCUT2D eigenvalue weighted by molar-refractivity contribution is 5.81. The Bertz CT molecular complexity index is 380. The lowest BCUT2D eigenvalue weighted by molar-refractivity contribution is -0.165. The number of nitrogens with two attached hydrogens (primary N) is 1. The van der Waals surface area contributed by atoms with E-state index in [-0.39, 0.29) is 5.97 Å². The van der Waals surface area contributed by atoms with Crippen LogP contribution in [0.25, 0.3) is 0 Å². The van der Waals surface area contributed by atoms with Crippen LogP contribution >= 0.6 is 0 Å². The van der Waals surface area contributed by atoms with E-state index in [0.717, 1.165) is 12.0 Å². The van der Waals surface area contributed by atoms with Gasteiger partial charge in [0.05, 0.1) is 7.11 Å². The molecular formula is C12H15NO3. The first-order valence-electron chi connectivity index (χ1n) is 5.27. The van der Waals surface area contributed by atoms with Crippen molar-refractivity contribution in [3.8, 4) is 0 Å². The fourth-order valence-electron chi connectivity index (χ4n) is 2.06. The molecule has 0 saturated carbocycles. The lowest BCUT2D eigenvalue weighted by atomic mass is 9.91. The van der Waals surface area contributed by atoms with Crippen LogP contribution in [0.2, 0.25) is 0 Å². The number of nitrogen functional groups attached to an aromatic ring is 1. The molecular weight excluding hydrogens is 206 g/mol. The van der Waals surface area contributed by atoms with Crippen molar-refractivity contribution in [2.24, 2.45) is 0 Å². The molecule has 1 unspecified atom stereocenters. The topological polar surface area (TPSA) is 61.5 Å². The van der Waals surface area contributed by atoms with E-state index < -0.39 is 5.60 Å². The number of hydrogen-bond donors (Lipinski definition) is 1. The summed E-state index contributed by atoms with van der Waals surface area (Å²) in [6, 6.07) is 7.17. The molecule has 0 bridgehead atoms. The molecule has 4 nitrogen and oxygen atoms in total. The molecule has 0 aliphatic carbocycles. The van der Waals surface area contributed by atoms with Crippen molar-refractivity contribution in [3.63, 3.8) is 0 Å². The van der Waals surface area contributed by atoms with Crippen LogP contribution in [-0.2, 0) is 19.9 Å². The van der Waals surface area contributed by atoms with Crippen molar-refractivity contribution < 1.29 is 14.3 Å². The molecule has 16 heavy (non-hydrogen) atoms. The number of rotatable bonds is 2. The Morgan fingerprint density at radius 3 is 2.62 bits per heavy atom. The number of carbonyl (C=O) groups excluding carboxylic acids is 1. The van der Waals surface area contributed by atoms with Crippen LogP contribution in [0.5, 0.6) is 0 Å². The zero-order valence-electron chi connectivity index (χ0n) is 9.23. The van der Waals surface area contributed by atoms with Gasteiger partial charge < -0.3 is 15.2 Å². The van der Waals surface area contributed by atoms with Gasteiger partial charge in [-0.05, 0) is 30.5 Å². The molecule has 1 heterocycles. The highest BCUT2D eigenvalue weighted by atomic mass is 16.6. The van der Waals surface area contributed by atoms with Gasteiger partial charge in [-0.3, -0.25) is 0 Å². The Balaban J connectivity index is 2.39. The summed E-state index contributed by atoms with van der Waals surface area (Å²) >= 11 is 0. The van der Waals surface area contributed by atoms with E-state index in [0.29, 0.717) is 18.7 Å². The first-order chi connectivity index (χ1) is 7.69. The lowest BCUT2D eigenvalue weighted by Gasteiger charge is -2.25. The molecule has 1 aromatic rings. The molecule has 1 fully saturated rings. The van der Waals surface area contributed by atoms with E-state index in [2.05, 4.69) is 0 Å². The summed E-state index contributed by atoms with van der Waals surface area (Å²) in [5.74, 6) is -0.338. The normalized spacial score (nSPS) is 24.3. The first kappa shape index (κ1) is 11.0. The molecule has 1 aromatic carbocycles. The van der Waals surface area contributed by atoms with E-state index in [1.54, 1.807) is 12.1 Å². The van der Waals surface area contributed by atoms with Gasteiger partial charge in [0.15, 0.2) is 5.60 Å². The Morgan fingerprint density at radius 2 is 2.12 bits per heavy atom. The van der Waals surface area contributed by atoms with Crippen LogP contribution in [0.1, 0.15) is 18.4 Å². The molecule has 0 amide bonds. The van der Waals surface area contributed by atoms with Gasteiger partial charge >= 0.3 is 5.97 Å². The van der Waals surface area contributed by atoms with Crippen molar-refractivity contribution in [1.82, 2.24) is 0 Å². The summed E-state index contributed by atoms with van der Waals surface area (Å²) in [4.78, 5) is 11.8. The van der Waals surface area contributed by atoms with Crippen molar-refractivity contribution >= 4 is 11.7 Å². The van der Waals surface area contributed by atoms with Crippen LogP contribution in [0.15, 0.2) is 24.3 Å². The number of anilines is 1. The molecule has 1 aliphatic heterocycles. The maximum Gasteiger partial charge on any atom is 0.342 e. The van der Waals surface area contributed by atoms with Crippen molar-refractivity contribution in [2.75, 3.05) is 19.5 Å². The zero-order valence-corrected chi connectivity index (χ0v) is 9.23. The number of carbonyl (C=O) groups is 1. The minimum atomic E-state index is -0.928. The Kier molecular flexibility index (Phi) is 2.83. The quantitative estimate of drug-likeness (QED) is 0.606. The largest absolute Gasteiger partial charge is 0.467 e. The van der Waals surface area contributed by atoms with Gasteiger partial charge in [-0.1, -0.05) is 12.1 Å². The monoisotopic (exact) mass is 221 g/mol. The minimum absolute atomic E-state index is 0.338. The van der Waals surface area contributed by atoms with Crippen molar-refractivity contribution in [2.45, 2.75) is 18.4 Å². The highest BCUT2D eigenvalue weighted by Gasteiger charge is 2.45. The maximum atomic E-state index is 11.8. The third kappa shape index (κ3) is 1.65. The molecule has 2 rings (SSSR count). The second-order valence-electron chi connectivity index (χ2n) is 3.89. The number of methoxy groups -OCH3 is 1. The number of esters is 1. The second-order valence-corrected chi connectivity index (χ2v) is 3.89. The van der Waals surface area contributed by atoms with Gasteiger partial charge in [-0.2, -0.15) is 0 Å². The Labute approximate surface area is 94.3 Å².